The first-order valence-electron chi connectivity index (χ1n) is 9.91. The monoisotopic (exact) mass is 406 g/mol. The number of hydrogen-bond donors (Lipinski definition) is 1. The molecule has 0 amide bonds. The van der Waals surface area contributed by atoms with E-state index in [0.29, 0.717) is 27.2 Å². The van der Waals surface area contributed by atoms with Gasteiger partial charge in [-0.15, -0.1) is 11.3 Å². The average molecular weight is 407 g/mol. The van der Waals surface area contributed by atoms with Crippen molar-refractivity contribution in [1.29, 1.82) is 5.26 Å². The molecule has 9 nitrogen and oxygen atoms in total. The number of aliphatic imine (C=N–C) groups is 1. The zero-order valence-corrected chi connectivity index (χ0v) is 17.1. The molecule has 0 fully saturated rings. The topological polar surface area (TPSA) is 105 Å². The number of ether oxygens (including phenoxy) is 1. The Balaban J connectivity index is 2.28. The molecule has 28 heavy (non-hydrogen) atoms. The van der Waals surface area contributed by atoms with Crippen molar-refractivity contribution in [2.45, 2.75) is 39.9 Å². The maximum Gasteiger partial charge on any atom is 0.332 e. The number of methoxy groups -OCH3 is 1. The van der Waals surface area contributed by atoms with Gasteiger partial charge < -0.3 is 9.64 Å². The number of guanidine groups is 1. The van der Waals surface area contributed by atoms with Crippen LogP contribution in [0.25, 0.3) is 10.2 Å². The number of nitrogens with one attached hydrogen (secondary N) is 1. The summed E-state index contributed by atoms with van der Waals surface area (Å²) in [6, 6.07) is -0.347. The van der Waals surface area contributed by atoms with Crippen molar-refractivity contribution in [3.8, 4) is 6.19 Å². The van der Waals surface area contributed by atoms with E-state index in [-0.39, 0.29) is 31.7 Å². The van der Waals surface area contributed by atoms with Crippen molar-refractivity contribution in [3.63, 3.8) is 0 Å². The van der Waals surface area contributed by atoms with Crippen molar-refractivity contribution in [2.75, 3.05) is 26.8 Å². The lowest BCUT2D eigenvalue weighted by atomic mass is 10.2. The second kappa shape index (κ2) is 8.16. The van der Waals surface area contributed by atoms with E-state index >= 15 is 0 Å². The van der Waals surface area contributed by atoms with Crippen LogP contribution in [0.15, 0.2) is 14.6 Å². The highest BCUT2D eigenvalue weighted by atomic mass is 32.1. The van der Waals surface area contributed by atoms with Crippen LogP contribution in [-0.2, 0) is 17.8 Å². The molecule has 2 aromatic heterocycles. The average Bonchev–Trinajstić information content (AvgIpc) is 3.27. The van der Waals surface area contributed by atoms with Crippen molar-refractivity contribution in [3.05, 3.63) is 31.3 Å². The quantitative estimate of drug-likeness (QED) is 0.567. The summed E-state index contributed by atoms with van der Waals surface area (Å²) >= 11 is 1.08. The van der Waals surface area contributed by atoms with Gasteiger partial charge in [0.05, 0.1) is 34.3 Å². The van der Waals surface area contributed by atoms with Crippen LogP contribution in [-0.4, -0.2) is 46.8 Å². The zero-order valence-electron chi connectivity index (χ0n) is 18.3. The molecule has 0 spiro atoms. The fraction of sp³-hybridized carbons (Fsp3) is 0.556. The normalized spacial score (nSPS) is 15.6. The molecule has 0 aromatic carbocycles. The highest BCUT2D eigenvalue weighted by molar-refractivity contribution is 7.18. The first-order valence-corrected chi connectivity index (χ1v) is 9.73. The number of aromatic nitrogens is 2. The third-order valence-electron chi connectivity index (χ3n) is 4.52. The van der Waals surface area contributed by atoms with Crippen molar-refractivity contribution in [1.82, 2.24) is 19.4 Å². The summed E-state index contributed by atoms with van der Waals surface area (Å²) in [6.07, 6.45) is 1.77. The molecule has 0 bridgehead atoms. The Morgan fingerprint density at radius 3 is 2.86 bits per heavy atom. The third-order valence-corrected chi connectivity index (χ3v) is 5.74. The fourth-order valence-corrected chi connectivity index (χ4v) is 4.37. The van der Waals surface area contributed by atoms with Gasteiger partial charge in [0.25, 0.3) is 5.56 Å². The van der Waals surface area contributed by atoms with Crippen molar-refractivity contribution >= 4 is 27.5 Å². The smallest absolute Gasteiger partial charge is 0.332 e. The minimum Gasteiger partial charge on any atom is -0.383 e. The molecule has 1 aliphatic heterocycles. The van der Waals surface area contributed by atoms with Crippen molar-refractivity contribution in [2.24, 2.45) is 4.99 Å². The molecule has 3 rings (SSSR count). The number of nitriles is 1. The summed E-state index contributed by atoms with van der Waals surface area (Å²) in [4.78, 5) is 32.4. The summed E-state index contributed by atoms with van der Waals surface area (Å²) in [5, 5.41) is 11.7. The van der Waals surface area contributed by atoms with Gasteiger partial charge >= 0.3 is 5.69 Å². The van der Waals surface area contributed by atoms with E-state index < -0.39 is 17.7 Å². The molecule has 0 saturated carbocycles. The van der Waals surface area contributed by atoms with Crippen LogP contribution in [0.5, 0.6) is 0 Å². The lowest BCUT2D eigenvalue weighted by molar-refractivity contribution is 0.186. The molecule has 0 aliphatic carbocycles. The molecule has 0 unspecified atom stereocenters. The number of aryl methyl sites for hydroxylation is 1. The first kappa shape index (κ1) is 17.5. The Kier molecular flexibility index (Phi) is 5.09. The predicted octanol–water partition coefficient (Wildman–Crippen LogP) is 1.00. The second-order valence-electron chi connectivity index (χ2n) is 6.64. The molecule has 150 valence electrons. The minimum absolute atomic E-state index is 0.149. The Hall–Kier alpha value is -2.64. The van der Waals surface area contributed by atoms with Crippen LogP contribution in [0.3, 0.4) is 0 Å². The van der Waals surface area contributed by atoms with Crippen LogP contribution in [0, 0.1) is 18.4 Å². The van der Waals surface area contributed by atoms with Crippen LogP contribution >= 0.6 is 11.3 Å². The molecule has 10 heteroatoms. The molecular formula is C18H24N6O3S. The Morgan fingerprint density at radius 1 is 1.46 bits per heavy atom. The molecule has 3 heterocycles. The van der Waals surface area contributed by atoms with Crippen LogP contribution in [0.2, 0.25) is 0 Å². The molecular weight excluding hydrogens is 380 g/mol. The molecule has 1 N–H and O–H groups in total. The van der Waals surface area contributed by atoms with E-state index in [1.807, 2.05) is 0 Å². The van der Waals surface area contributed by atoms with Crippen LogP contribution < -0.4 is 16.6 Å². The summed E-state index contributed by atoms with van der Waals surface area (Å²) in [5.74, 6) is 0.149. The van der Waals surface area contributed by atoms with Gasteiger partial charge in [0.2, 0.25) is 5.96 Å². The first-order chi connectivity index (χ1) is 14.2. The number of hydrogen-bond acceptors (Lipinski definition) is 8. The van der Waals surface area contributed by atoms with E-state index in [1.165, 1.54) is 21.1 Å². The summed E-state index contributed by atoms with van der Waals surface area (Å²) < 4.78 is 25.3. The highest BCUT2D eigenvalue weighted by Gasteiger charge is 2.24. The second-order valence-corrected chi connectivity index (χ2v) is 7.64. The van der Waals surface area contributed by atoms with Gasteiger partial charge in [0.15, 0.2) is 6.19 Å². The summed E-state index contributed by atoms with van der Waals surface area (Å²) in [7, 11) is 1.53. The highest BCUT2D eigenvalue weighted by Crippen LogP contribution is 2.29. The van der Waals surface area contributed by atoms with Gasteiger partial charge in [-0.3, -0.25) is 24.2 Å². The van der Waals surface area contributed by atoms with Crippen LogP contribution in [0.1, 0.15) is 33.1 Å². The standard InChI is InChI=1S/C18H24N6O3S/c1-11(2)24-15(25)14-12(3)13(9-22-6-5-20-17(22)21-10-19)28-16(14)23(18(24)26)7-8-27-4/h11H,5-9H2,1-4H3,(H,20,21)/i9D2. The van der Waals surface area contributed by atoms with E-state index in [0.717, 1.165) is 11.3 Å². The van der Waals surface area contributed by atoms with E-state index in [4.69, 9.17) is 12.7 Å². The van der Waals surface area contributed by atoms with Gasteiger partial charge in [-0.05, 0) is 26.3 Å². The molecule has 0 saturated heterocycles. The Labute approximate surface area is 169 Å². The lowest BCUT2D eigenvalue weighted by Gasteiger charge is -2.18. The van der Waals surface area contributed by atoms with E-state index in [2.05, 4.69) is 10.3 Å². The predicted molar refractivity (Wildman–Crippen MR) is 109 cm³/mol. The van der Waals surface area contributed by atoms with E-state index in [1.54, 1.807) is 27.0 Å². The van der Waals surface area contributed by atoms with Gasteiger partial charge in [-0.1, -0.05) is 0 Å². The minimum atomic E-state index is -2.02. The van der Waals surface area contributed by atoms with Gasteiger partial charge in [-0.2, -0.15) is 5.26 Å². The SMILES string of the molecule is [2H]C([2H])(c1sc2c(c1C)c(=O)n(C(C)C)c(=O)n2CCOC)N1CCN=C1NC#N. The third kappa shape index (κ3) is 3.43. The molecule has 0 radical (unpaired) electrons. The van der Waals surface area contributed by atoms with Crippen LogP contribution in [0.4, 0.5) is 0 Å². The van der Waals surface area contributed by atoms with Gasteiger partial charge in [-0.25, -0.2) is 4.79 Å². The lowest BCUT2D eigenvalue weighted by Crippen LogP contribution is -2.41. The maximum absolute atomic E-state index is 13.2. The molecule has 2 aromatic rings. The van der Waals surface area contributed by atoms with Gasteiger partial charge in [0, 0.05) is 24.6 Å². The number of rotatable bonds is 6. The summed E-state index contributed by atoms with van der Waals surface area (Å²) in [6.45, 7) is 4.35. The summed E-state index contributed by atoms with van der Waals surface area (Å²) in [5.41, 5.74) is -0.392. The Morgan fingerprint density at radius 2 is 2.21 bits per heavy atom. The van der Waals surface area contributed by atoms with Gasteiger partial charge in [0.1, 0.15) is 4.83 Å². The molecule has 1 aliphatic rings. The zero-order chi connectivity index (χ0) is 22.2. The number of nitrogens with zero attached hydrogens (tertiary/aromatic N) is 5. The Bertz CT molecular complexity index is 1160. The molecule has 0 atom stereocenters. The number of thiophene rings is 1. The number of fused-ring (bicyclic) bond motifs is 1. The fourth-order valence-electron chi connectivity index (χ4n) is 3.14. The largest absolute Gasteiger partial charge is 0.383 e. The van der Waals surface area contributed by atoms with E-state index in [9.17, 15) is 9.59 Å². The maximum atomic E-state index is 13.2. The van der Waals surface area contributed by atoms with Crippen molar-refractivity contribution < 1.29 is 7.48 Å².